The van der Waals surface area contributed by atoms with Gasteiger partial charge in [-0.25, -0.2) is 0 Å². The minimum atomic E-state index is -0.104. The van der Waals surface area contributed by atoms with Crippen LogP contribution in [0.5, 0.6) is 0 Å². The molecule has 0 rings (SSSR count). The van der Waals surface area contributed by atoms with E-state index < -0.39 is 0 Å². The Kier molecular flexibility index (Phi) is 9.58. The van der Waals surface area contributed by atoms with E-state index in [1.807, 2.05) is 0 Å². The van der Waals surface area contributed by atoms with E-state index in [4.69, 9.17) is 5.73 Å². The molecule has 4 N–H and O–H groups in total. The number of nitrogens with one attached hydrogen (secondary N) is 2. The summed E-state index contributed by atoms with van der Waals surface area (Å²) in [7, 11) is 0. The van der Waals surface area contributed by atoms with Crippen LogP contribution in [0.1, 0.15) is 19.3 Å². The molecule has 0 heterocycles. The summed E-state index contributed by atoms with van der Waals surface area (Å²) in [5.41, 5.74) is 5.35. The Hall–Kier alpha value is -0.870. The van der Waals surface area contributed by atoms with Crippen LogP contribution in [-0.2, 0) is 4.79 Å². The summed E-state index contributed by atoms with van der Waals surface area (Å²) in [4.78, 5) is 10.7. The summed E-state index contributed by atoms with van der Waals surface area (Å²) in [6.45, 7) is 6.77. The molecule has 0 bridgehead atoms. The van der Waals surface area contributed by atoms with E-state index in [0.29, 0.717) is 6.54 Å². The lowest BCUT2D eigenvalue weighted by Gasteiger charge is -2.04. The highest BCUT2D eigenvalue weighted by atomic mass is 16.1. The Labute approximate surface area is 85.9 Å². The third kappa shape index (κ3) is 9.22. The van der Waals surface area contributed by atoms with Crippen LogP contribution in [0.15, 0.2) is 12.7 Å². The van der Waals surface area contributed by atoms with Crippen molar-refractivity contribution in [1.29, 1.82) is 0 Å². The van der Waals surface area contributed by atoms with E-state index in [-0.39, 0.29) is 5.91 Å². The smallest absolute Gasteiger partial charge is 0.243 e. The maximum Gasteiger partial charge on any atom is 0.243 e. The molecule has 82 valence electrons. The molecule has 1 amide bonds. The monoisotopic (exact) mass is 199 g/mol. The fourth-order valence-electron chi connectivity index (χ4n) is 1.02. The number of carbonyl (C=O) groups excluding carboxylic acids is 1. The Morgan fingerprint density at radius 3 is 2.57 bits per heavy atom. The summed E-state index contributed by atoms with van der Waals surface area (Å²) in [6, 6.07) is 0. The average Bonchev–Trinajstić information content (AvgIpc) is 2.21. The van der Waals surface area contributed by atoms with Gasteiger partial charge in [0.2, 0.25) is 5.91 Å². The van der Waals surface area contributed by atoms with Gasteiger partial charge in [0.15, 0.2) is 0 Å². The standard InChI is InChI=1S/C10H21N3O/c1-2-10(14)13-9-5-8-12-7-4-3-6-11/h2,12H,1,3-9,11H2,(H,13,14). The zero-order chi connectivity index (χ0) is 10.6. The van der Waals surface area contributed by atoms with Crippen molar-refractivity contribution in [3.8, 4) is 0 Å². The lowest BCUT2D eigenvalue weighted by Crippen LogP contribution is -2.26. The number of carbonyl (C=O) groups is 1. The fourth-order valence-corrected chi connectivity index (χ4v) is 1.02. The van der Waals surface area contributed by atoms with Crippen LogP contribution >= 0.6 is 0 Å². The van der Waals surface area contributed by atoms with Crippen molar-refractivity contribution in [1.82, 2.24) is 10.6 Å². The molecule has 0 saturated carbocycles. The first-order chi connectivity index (χ1) is 6.81. The van der Waals surface area contributed by atoms with Gasteiger partial charge in [-0.3, -0.25) is 4.79 Å². The first kappa shape index (κ1) is 13.1. The maximum absolute atomic E-state index is 10.7. The molecular formula is C10H21N3O. The highest BCUT2D eigenvalue weighted by Crippen LogP contribution is 1.82. The molecular weight excluding hydrogens is 178 g/mol. The molecule has 0 unspecified atom stereocenters. The summed E-state index contributed by atoms with van der Waals surface area (Å²) < 4.78 is 0. The number of hydrogen-bond acceptors (Lipinski definition) is 3. The SMILES string of the molecule is C=CC(=O)NCCCNCCCCN. The van der Waals surface area contributed by atoms with Crippen LogP contribution in [0.3, 0.4) is 0 Å². The molecule has 0 aliphatic carbocycles. The second-order valence-corrected chi connectivity index (χ2v) is 3.09. The van der Waals surface area contributed by atoms with Crippen LogP contribution in [-0.4, -0.2) is 32.1 Å². The lowest BCUT2D eigenvalue weighted by atomic mass is 10.3. The van der Waals surface area contributed by atoms with Crippen molar-refractivity contribution >= 4 is 5.91 Å². The predicted molar refractivity (Wildman–Crippen MR) is 59.0 cm³/mol. The molecule has 0 aromatic heterocycles. The van der Waals surface area contributed by atoms with E-state index in [9.17, 15) is 4.79 Å². The largest absolute Gasteiger partial charge is 0.353 e. The Morgan fingerprint density at radius 1 is 1.21 bits per heavy atom. The summed E-state index contributed by atoms with van der Waals surface area (Å²) in [5, 5.41) is 6.00. The van der Waals surface area contributed by atoms with Crippen molar-refractivity contribution in [3.63, 3.8) is 0 Å². The molecule has 0 aliphatic rings. The van der Waals surface area contributed by atoms with Crippen LogP contribution in [0.2, 0.25) is 0 Å². The van der Waals surface area contributed by atoms with E-state index in [1.165, 1.54) is 6.08 Å². The number of nitrogens with two attached hydrogens (primary N) is 1. The minimum Gasteiger partial charge on any atom is -0.353 e. The van der Waals surface area contributed by atoms with Gasteiger partial charge >= 0.3 is 0 Å². The van der Waals surface area contributed by atoms with Crippen LogP contribution in [0.25, 0.3) is 0 Å². The zero-order valence-corrected chi connectivity index (χ0v) is 8.72. The Bertz CT molecular complexity index is 159. The van der Waals surface area contributed by atoms with Gasteiger partial charge in [0.05, 0.1) is 0 Å². The molecule has 0 saturated heterocycles. The van der Waals surface area contributed by atoms with Crippen molar-refractivity contribution in [2.24, 2.45) is 5.73 Å². The van der Waals surface area contributed by atoms with Gasteiger partial charge in [-0.1, -0.05) is 6.58 Å². The normalized spacial score (nSPS) is 9.79. The van der Waals surface area contributed by atoms with E-state index in [0.717, 1.165) is 38.9 Å². The van der Waals surface area contributed by atoms with Crippen LogP contribution in [0, 0.1) is 0 Å². The van der Waals surface area contributed by atoms with Crippen molar-refractivity contribution in [3.05, 3.63) is 12.7 Å². The van der Waals surface area contributed by atoms with Gasteiger partial charge in [0.25, 0.3) is 0 Å². The van der Waals surface area contributed by atoms with Gasteiger partial charge in [-0.05, 0) is 45.0 Å². The van der Waals surface area contributed by atoms with Gasteiger partial charge in [0, 0.05) is 6.54 Å². The van der Waals surface area contributed by atoms with Gasteiger partial charge in [-0.15, -0.1) is 0 Å². The Balaban J connectivity index is 2.99. The molecule has 4 nitrogen and oxygen atoms in total. The van der Waals surface area contributed by atoms with Gasteiger partial charge in [-0.2, -0.15) is 0 Å². The second-order valence-electron chi connectivity index (χ2n) is 3.09. The Morgan fingerprint density at radius 2 is 1.93 bits per heavy atom. The average molecular weight is 199 g/mol. The fraction of sp³-hybridized carbons (Fsp3) is 0.700. The van der Waals surface area contributed by atoms with Crippen molar-refractivity contribution in [2.75, 3.05) is 26.2 Å². The molecule has 0 radical (unpaired) electrons. The first-order valence-corrected chi connectivity index (χ1v) is 5.12. The summed E-state index contributed by atoms with van der Waals surface area (Å²) in [6.07, 6.45) is 4.42. The molecule has 14 heavy (non-hydrogen) atoms. The van der Waals surface area contributed by atoms with Gasteiger partial charge < -0.3 is 16.4 Å². The van der Waals surface area contributed by atoms with E-state index in [2.05, 4.69) is 17.2 Å². The molecule has 0 atom stereocenters. The quantitative estimate of drug-likeness (QED) is 0.362. The number of rotatable bonds is 9. The molecule has 0 fully saturated rings. The number of hydrogen-bond donors (Lipinski definition) is 3. The summed E-state index contributed by atoms with van der Waals surface area (Å²) in [5.74, 6) is -0.104. The number of amides is 1. The molecule has 0 spiro atoms. The molecule has 0 aromatic rings. The minimum absolute atomic E-state index is 0.104. The van der Waals surface area contributed by atoms with Crippen LogP contribution < -0.4 is 16.4 Å². The van der Waals surface area contributed by atoms with E-state index >= 15 is 0 Å². The predicted octanol–water partition coefficient (Wildman–Crippen LogP) is 0.00720. The molecule has 0 aliphatic heterocycles. The maximum atomic E-state index is 10.7. The topological polar surface area (TPSA) is 67.2 Å². The van der Waals surface area contributed by atoms with Crippen molar-refractivity contribution in [2.45, 2.75) is 19.3 Å². The summed E-state index contributed by atoms with van der Waals surface area (Å²) >= 11 is 0. The third-order valence-electron chi connectivity index (χ3n) is 1.82. The molecule has 0 aromatic carbocycles. The first-order valence-electron chi connectivity index (χ1n) is 5.12. The molecule has 4 heteroatoms. The zero-order valence-electron chi connectivity index (χ0n) is 8.72. The highest BCUT2D eigenvalue weighted by molar-refractivity contribution is 5.86. The number of unbranched alkanes of at least 4 members (excludes halogenated alkanes) is 1. The van der Waals surface area contributed by atoms with Crippen molar-refractivity contribution < 1.29 is 4.79 Å². The van der Waals surface area contributed by atoms with Crippen LogP contribution in [0.4, 0.5) is 0 Å². The third-order valence-corrected chi connectivity index (χ3v) is 1.82. The highest BCUT2D eigenvalue weighted by Gasteiger charge is 1.92. The lowest BCUT2D eigenvalue weighted by molar-refractivity contribution is -0.116. The van der Waals surface area contributed by atoms with E-state index in [1.54, 1.807) is 0 Å². The van der Waals surface area contributed by atoms with Gasteiger partial charge in [0.1, 0.15) is 0 Å². The second kappa shape index (κ2) is 10.2.